The van der Waals surface area contributed by atoms with Crippen LogP contribution in [0, 0.1) is 0 Å². The molecule has 4 atom stereocenters. The van der Waals surface area contributed by atoms with Crippen molar-refractivity contribution in [2.45, 2.75) is 37.2 Å². The number of hydrogen-bond acceptors (Lipinski definition) is 9. The SMILES string of the molecule is O=C(OC[C@]12CO[C@H]([C@H](n3cnc4c(NCc5cccc(Br)c5)nc(Cl)nc43)O1)[C@@H]2OCc1ccccc1)c1ccccc1. The number of nitrogens with one attached hydrogen (secondary N) is 1. The van der Waals surface area contributed by atoms with Crippen LogP contribution in [0.1, 0.15) is 27.7 Å². The highest BCUT2D eigenvalue weighted by Crippen LogP contribution is 2.48. The van der Waals surface area contributed by atoms with Crippen LogP contribution in [0.5, 0.6) is 0 Å². The molecule has 0 radical (unpaired) electrons. The summed E-state index contributed by atoms with van der Waals surface area (Å²) in [5.74, 6) is 0.0391. The van der Waals surface area contributed by atoms with Crippen LogP contribution < -0.4 is 5.32 Å². The lowest BCUT2D eigenvalue weighted by Gasteiger charge is -2.31. The van der Waals surface area contributed by atoms with E-state index in [4.69, 9.17) is 30.5 Å². The van der Waals surface area contributed by atoms with Crippen molar-refractivity contribution in [1.82, 2.24) is 19.5 Å². The first-order chi connectivity index (χ1) is 21.5. The monoisotopic (exact) mass is 675 g/mol. The molecule has 12 heteroatoms. The maximum Gasteiger partial charge on any atom is 0.338 e. The number of halogens is 2. The van der Waals surface area contributed by atoms with Gasteiger partial charge in [0.15, 0.2) is 28.8 Å². The minimum absolute atomic E-state index is 0.0587. The van der Waals surface area contributed by atoms with Crippen LogP contribution in [-0.4, -0.2) is 56.5 Å². The number of anilines is 1. The normalized spacial score (nSPS) is 22.4. The lowest BCUT2D eigenvalue weighted by molar-refractivity contribution is -0.187. The number of hydrogen-bond donors (Lipinski definition) is 1. The molecule has 3 aromatic carbocycles. The molecular weight excluding hydrogens is 650 g/mol. The summed E-state index contributed by atoms with van der Waals surface area (Å²) in [6, 6.07) is 26.6. The summed E-state index contributed by atoms with van der Waals surface area (Å²) in [6.07, 6.45) is -0.112. The second-order valence-corrected chi connectivity index (χ2v) is 11.9. The van der Waals surface area contributed by atoms with Gasteiger partial charge >= 0.3 is 5.97 Å². The molecule has 4 heterocycles. The summed E-state index contributed by atoms with van der Waals surface area (Å²) in [5, 5.41) is 3.39. The number of esters is 1. The van der Waals surface area contributed by atoms with Crippen molar-refractivity contribution < 1.29 is 23.7 Å². The molecule has 44 heavy (non-hydrogen) atoms. The highest BCUT2D eigenvalue weighted by atomic mass is 79.9. The van der Waals surface area contributed by atoms with Gasteiger partial charge in [0.25, 0.3) is 0 Å². The highest BCUT2D eigenvalue weighted by Gasteiger charge is 2.64. The summed E-state index contributed by atoms with van der Waals surface area (Å²) in [5.41, 5.74) is 2.45. The second kappa shape index (κ2) is 12.3. The van der Waals surface area contributed by atoms with Gasteiger partial charge in [-0.25, -0.2) is 9.78 Å². The number of carbonyl (C=O) groups excluding carboxylic acids is 1. The Hall–Kier alpha value is -3.87. The predicted octanol–water partition coefficient (Wildman–Crippen LogP) is 5.96. The van der Waals surface area contributed by atoms with E-state index < -0.39 is 30.0 Å². The molecular formula is C32H27BrClN5O5. The maximum atomic E-state index is 12.9. The number of imidazole rings is 1. The molecule has 2 aliphatic rings. The quantitative estimate of drug-likeness (QED) is 0.142. The molecule has 0 spiro atoms. The Morgan fingerprint density at radius 3 is 2.61 bits per heavy atom. The third-order valence-electron chi connectivity index (χ3n) is 7.72. The average Bonchev–Trinajstić information content (AvgIpc) is 3.72. The van der Waals surface area contributed by atoms with Crippen molar-refractivity contribution in [2.24, 2.45) is 0 Å². The van der Waals surface area contributed by atoms with Gasteiger partial charge in [0, 0.05) is 11.0 Å². The number of rotatable bonds is 10. The van der Waals surface area contributed by atoms with Gasteiger partial charge in [0.05, 0.1) is 25.1 Å². The average molecular weight is 677 g/mol. The van der Waals surface area contributed by atoms with Crippen LogP contribution in [0.3, 0.4) is 0 Å². The maximum absolute atomic E-state index is 12.9. The van der Waals surface area contributed by atoms with Crippen LogP contribution >= 0.6 is 27.5 Å². The zero-order valence-electron chi connectivity index (χ0n) is 23.3. The fourth-order valence-electron chi connectivity index (χ4n) is 5.60. The summed E-state index contributed by atoms with van der Waals surface area (Å²) < 4.78 is 27.9. The van der Waals surface area contributed by atoms with Crippen LogP contribution in [0.4, 0.5) is 5.82 Å². The van der Waals surface area contributed by atoms with E-state index in [0.717, 1.165) is 15.6 Å². The molecule has 2 fully saturated rings. The summed E-state index contributed by atoms with van der Waals surface area (Å²) >= 11 is 9.90. The zero-order chi connectivity index (χ0) is 30.1. The van der Waals surface area contributed by atoms with Crippen molar-refractivity contribution in [3.8, 4) is 0 Å². The number of aromatic nitrogens is 4. The largest absolute Gasteiger partial charge is 0.459 e. The number of benzene rings is 3. The van der Waals surface area contributed by atoms with E-state index in [1.54, 1.807) is 35.2 Å². The Labute approximate surface area is 266 Å². The molecule has 0 saturated carbocycles. The lowest BCUT2D eigenvalue weighted by atomic mass is 10.00. The number of nitrogens with zero attached hydrogens (tertiary/aromatic N) is 4. The van der Waals surface area contributed by atoms with E-state index in [9.17, 15) is 4.79 Å². The summed E-state index contributed by atoms with van der Waals surface area (Å²) in [6.45, 7) is 0.969. The zero-order valence-corrected chi connectivity index (χ0v) is 25.6. The first-order valence-corrected chi connectivity index (χ1v) is 15.2. The van der Waals surface area contributed by atoms with Crippen LogP contribution in [-0.2, 0) is 32.1 Å². The summed E-state index contributed by atoms with van der Waals surface area (Å²) in [4.78, 5) is 26.4. The van der Waals surface area contributed by atoms with Crippen molar-refractivity contribution in [1.29, 1.82) is 0 Å². The van der Waals surface area contributed by atoms with E-state index in [2.05, 4.69) is 36.2 Å². The van der Waals surface area contributed by atoms with Crippen molar-refractivity contribution in [3.05, 3.63) is 118 Å². The molecule has 2 aliphatic heterocycles. The fourth-order valence-corrected chi connectivity index (χ4v) is 6.22. The smallest absolute Gasteiger partial charge is 0.338 e. The lowest BCUT2D eigenvalue weighted by Crippen LogP contribution is -2.46. The molecule has 0 aliphatic carbocycles. The van der Waals surface area contributed by atoms with Gasteiger partial charge in [-0.3, -0.25) is 4.57 Å². The van der Waals surface area contributed by atoms with Crippen molar-refractivity contribution >= 4 is 50.5 Å². The minimum Gasteiger partial charge on any atom is -0.459 e. The van der Waals surface area contributed by atoms with E-state index in [1.807, 2.05) is 60.7 Å². The van der Waals surface area contributed by atoms with Gasteiger partial charge in [-0.2, -0.15) is 9.97 Å². The minimum atomic E-state index is -1.05. The number of fused-ring (bicyclic) bond motifs is 3. The van der Waals surface area contributed by atoms with Gasteiger partial charge in [0.2, 0.25) is 5.28 Å². The fraction of sp³-hybridized carbons (Fsp3) is 0.250. The Bertz CT molecular complexity index is 1790. The van der Waals surface area contributed by atoms with Gasteiger partial charge < -0.3 is 24.3 Å². The van der Waals surface area contributed by atoms with E-state index in [0.29, 0.717) is 35.7 Å². The third-order valence-corrected chi connectivity index (χ3v) is 8.38. The molecule has 10 nitrogen and oxygen atoms in total. The Kier molecular flexibility index (Phi) is 8.04. The second-order valence-electron chi connectivity index (χ2n) is 10.7. The summed E-state index contributed by atoms with van der Waals surface area (Å²) in [7, 11) is 0. The third kappa shape index (κ3) is 5.69. The number of ether oxygens (including phenoxy) is 4. The Morgan fingerprint density at radius 1 is 1.05 bits per heavy atom. The molecule has 2 saturated heterocycles. The van der Waals surface area contributed by atoms with Crippen LogP contribution in [0.25, 0.3) is 11.2 Å². The molecule has 7 rings (SSSR count). The topological polar surface area (TPSA) is 110 Å². The highest BCUT2D eigenvalue weighted by molar-refractivity contribution is 9.10. The van der Waals surface area contributed by atoms with E-state index in [1.165, 1.54) is 0 Å². The van der Waals surface area contributed by atoms with Crippen molar-refractivity contribution in [2.75, 3.05) is 18.5 Å². The van der Waals surface area contributed by atoms with Gasteiger partial charge in [-0.05, 0) is 47.0 Å². The van der Waals surface area contributed by atoms with Crippen LogP contribution in [0.15, 0.2) is 95.7 Å². The van der Waals surface area contributed by atoms with Crippen LogP contribution in [0.2, 0.25) is 5.28 Å². The molecule has 0 amide bonds. The first kappa shape index (κ1) is 28.9. The standard InChI is InChI=1S/C32H27BrClN5O5/c33-23-13-7-10-21(14-23)15-35-27-24-28(38-31(34)37-27)39(19-36-24)29-25-26(41-16-20-8-3-1-4-9-20)32(44-29,17-42-25)18-43-30(40)22-11-5-2-6-12-22/h1-14,19,25-26,29H,15-18H2,(H,35,37,38)/t25-,26-,29+,32-/m0/s1. The first-order valence-electron chi connectivity index (χ1n) is 14.0. The van der Waals surface area contributed by atoms with Gasteiger partial charge in [0.1, 0.15) is 18.8 Å². The van der Waals surface area contributed by atoms with Gasteiger partial charge in [-0.15, -0.1) is 0 Å². The molecule has 0 unspecified atom stereocenters. The predicted molar refractivity (Wildman–Crippen MR) is 166 cm³/mol. The Balaban J connectivity index is 1.17. The molecule has 2 aromatic heterocycles. The molecule has 5 aromatic rings. The number of carbonyl (C=O) groups is 1. The van der Waals surface area contributed by atoms with E-state index >= 15 is 0 Å². The van der Waals surface area contributed by atoms with Gasteiger partial charge in [-0.1, -0.05) is 76.6 Å². The molecule has 1 N–H and O–H groups in total. The molecule has 2 bridgehead atoms. The molecule has 224 valence electrons. The van der Waals surface area contributed by atoms with Crippen molar-refractivity contribution in [3.63, 3.8) is 0 Å². The van der Waals surface area contributed by atoms with E-state index in [-0.39, 0.29) is 18.5 Å². The Morgan fingerprint density at radius 2 is 1.82 bits per heavy atom.